The van der Waals surface area contributed by atoms with Crippen molar-refractivity contribution in [3.05, 3.63) is 15.0 Å². The van der Waals surface area contributed by atoms with Gasteiger partial charge in [-0.3, -0.25) is 4.79 Å². The lowest BCUT2D eigenvalue weighted by Crippen LogP contribution is -1.68. The minimum atomic E-state index is 0.375. The Bertz CT molecular complexity index is 230. The first kappa shape index (κ1) is 11.6. The number of carbonyl (C=O) groups excluding carboxylic acids is 1. The van der Waals surface area contributed by atoms with Crippen LogP contribution in [0.1, 0.15) is 5.69 Å². The van der Waals surface area contributed by atoms with Gasteiger partial charge in [-0.1, -0.05) is 0 Å². The molecule has 0 spiro atoms. The molecule has 68 valence electrons. The Kier molecular flexibility index (Phi) is 6.00. The minimum Gasteiger partial charge on any atom is -0.471 e. The van der Waals surface area contributed by atoms with Crippen molar-refractivity contribution in [1.82, 2.24) is 9.97 Å². The lowest BCUT2D eigenvalue weighted by atomic mass is 10.6. The van der Waals surface area contributed by atoms with Gasteiger partial charge in [0.2, 0.25) is 0 Å². The standard InChI is InChI=1S/C4H4Br2N2.C2H4O2/c1-2-3(5)8-4(6)7-2;1-4-2-3/h1H3,(H,7,8);2H,1H3. The number of hydrogen-bond acceptors (Lipinski definition) is 3. The van der Waals surface area contributed by atoms with Crippen LogP contribution in [0.4, 0.5) is 0 Å². The summed E-state index contributed by atoms with van der Waals surface area (Å²) in [6, 6.07) is 0. The number of aromatic amines is 1. The Morgan fingerprint density at radius 3 is 2.17 bits per heavy atom. The molecule has 1 N–H and O–H groups in total. The highest BCUT2D eigenvalue weighted by atomic mass is 79.9. The van der Waals surface area contributed by atoms with E-state index in [9.17, 15) is 0 Å². The van der Waals surface area contributed by atoms with Crippen molar-refractivity contribution in [3.8, 4) is 0 Å². The molecule has 0 aliphatic carbocycles. The van der Waals surface area contributed by atoms with Crippen molar-refractivity contribution >= 4 is 38.3 Å². The molecule has 1 aromatic rings. The van der Waals surface area contributed by atoms with Crippen molar-refractivity contribution < 1.29 is 9.53 Å². The molecular formula is C6H8Br2N2O2. The molecule has 0 amide bonds. The summed E-state index contributed by atoms with van der Waals surface area (Å²) >= 11 is 6.43. The summed E-state index contributed by atoms with van der Waals surface area (Å²) in [5, 5.41) is 0. The van der Waals surface area contributed by atoms with Crippen LogP contribution in [0.5, 0.6) is 0 Å². The zero-order chi connectivity index (χ0) is 9.56. The van der Waals surface area contributed by atoms with Crippen molar-refractivity contribution in [3.63, 3.8) is 0 Å². The number of hydrogen-bond donors (Lipinski definition) is 1. The van der Waals surface area contributed by atoms with Crippen LogP contribution >= 0.6 is 31.9 Å². The predicted molar refractivity (Wildman–Crippen MR) is 51.8 cm³/mol. The number of nitrogens with zero attached hydrogens (tertiary/aromatic N) is 1. The van der Waals surface area contributed by atoms with Gasteiger partial charge in [0, 0.05) is 5.69 Å². The average molecular weight is 300 g/mol. The van der Waals surface area contributed by atoms with Gasteiger partial charge in [-0.2, -0.15) is 0 Å². The van der Waals surface area contributed by atoms with E-state index in [1.54, 1.807) is 0 Å². The maximum atomic E-state index is 8.95. The number of carbonyl (C=O) groups is 1. The lowest BCUT2D eigenvalue weighted by Gasteiger charge is -1.76. The quantitative estimate of drug-likeness (QED) is 0.807. The van der Waals surface area contributed by atoms with Gasteiger partial charge in [-0.25, -0.2) is 4.98 Å². The first-order chi connectivity index (χ1) is 5.61. The molecule has 0 radical (unpaired) electrons. The Hall–Kier alpha value is -0.360. The molecule has 1 rings (SSSR count). The molecule has 0 atom stereocenters. The molecule has 1 heterocycles. The summed E-state index contributed by atoms with van der Waals surface area (Å²) < 4.78 is 5.49. The smallest absolute Gasteiger partial charge is 0.292 e. The van der Waals surface area contributed by atoms with Gasteiger partial charge in [0.1, 0.15) is 4.60 Å². The third-order valence-corrected chi connectivity index (χ3v) is 2.04. The van der Waals surface area contributed by atoms with Crippen LogP contribution in [-0.2, 0) is 9.53 Å². The second-order valence-corrected chi connectivity index (χ2v) is 3.28. The highest BCUT2D eigenvalue weighted by molar-refractivity contribution is 9.11. The molecule has 1 aromatic heterocycles. The summed E-state index contributed by atoms with van der Waals surface area (Å²) in [4.78, 5) is 15.9. The van der Waals surface area contributed by atoms with Crippen molar-refractivity contribution in [2.24, 2.45) is 0 Å². The maximum absolute atomic E-state index is 8.95. The molecule has 0 saturated heterocycles. The topological polar surface area (TPSA) is 55.0 Å². The second-order valence-electron chi connectivity index (χ2n) is 1.78. The normalized spacial score (nSPS) is 8.33. The van der Waals surface area contributed by atoms with E-state index in [1.165, 1.54) is 7.11 Å². The fourth-order valence-electron chi connectivity index (χ4n) is 0.404. The Balaban J connectivity index is 0.000000261. The van der Waals surface area contributed by atoms with Crippen LogP contribution in [0.3, 0.4) is 0 Å². The minimum absolute atomic E-state index is 0.375. The zero-order valence-electron chi connectivity index (χ0n) is 6.60. The van der Waals surface area contributed by atoms with Gasteiger partial charge in [-0.15, -0.1) is 0 Å². The van der Waals surface area contributed by atoms with Crippen molar-refractivity contribution in [2.75, 3.05) is 7.11 Å². The molecule has 0 fully saturated rings. The first-order valence-corrected chi connectivity index (χ1v) is 4.54. The van der Waals surface area contributed by atoms with E-state index < -0.39 is 0 Å². The Labute approximate surface area is 87.0 Å². The molecule has 6 heteroatoms. The number of aromatic nitrogens is 2. The van der Waals surface area contributed by atoms with Crippen molar-refractivity contribution in [2.45, 2.75) is 6.92 Å². The molecule has 0 unspecified atom stereocenters. The largest absolute Gasteiger partial charge is 0.471 e. The van der Waals surface area contributed by atoms with Gasteiger partial charge in [0.25, 0.3) is 6.47 Å². The molecule has 12 heavy (non-hydrogen) atoms. The monoisotopic (exact) mass is 298 g/mol. The van der Waals surface area contributed by atoms with E-state index in [0.29, 0.717) is 6.47 Å². The van der Waals surface area contributed by atoms with E-state index in [4.69, 9.17) is 4.79 Å². The van der Waals surface area contributed by atoms with E-state index in [0.717, 1.165) is 15.0 Å². The van der Waals surface area contributed by atoms with Crippen LogP contribution in [0, 0.1) is 6.92 Å². The number of ether oxygens (including phenoxy) is 1. The lowest BCUT2D eigenvalue weighted by molar-refractivity contribution is -0.126. The number of H-pyrrole nitrogens is 1. The van der Waals surface area contributed by atoms with E-state index in [-0.39, 0.29) is 0 Å². The van der Waals surface area contributed by atoms with Gasteiger partial charge in [-0.05, 0) is 38.8 Å². The fourth-order valence-corrected chi connectivity index (χ4v) is 1.39. The van der Waals surface area contributed by atoms with Gasteiger partial charge >= 0.3 is 0 Å². The summed E-state index contributed by atoms with van der Waals surface area (Å²) in [6.45, 7) is 2.32. The number of rotatable bonds is 1. The van der Waals surface area contributed by atoms with E-state index in [2.05, 4.69) is 46.6 Å². The maximum Gasteiger partial charge on any atom is 0.292 e. The summed E-state index contributed by atoms with van der Waals surface area (Å²) in [5.41, 5.74) is 1.04. The summed E-state index contributed by atoms with van der Waals surface area (Å²) in [5.74, 6) is 0. The first-order valence-electron chi connectivity index (χ1n) is 2.95. The fraction of sp³-hybridized carbons (Fsp3) is 0.333. The summed E-state index contributed by atoms with van der Waals surface area (Å²) in [6.07, 6.45) is 0. The average Bonchev–Trinajstić information content (AvgIpc) is 2.30. The molecule has 0 bridgehead atoms. The van der Waals surface area contributed by atoms with Crippen LogP contribution in [0.2, 0.25) is 0 Å². The number of aryl methyl sites for hydroxylation is 1. The van der Waals surface area contributed by atoms with Crippen LogP contribution in [0.25, 0.3) is 0 Å². The number of nitrogens with one attached hydrogen (secondary N) is 1. The molecular weight excluding hydrogens is 292 g/mol. The Morgan fingerprint density at radius 1 is 1.58 bits per heavy atom. The van der Waals surface area contributed by atoms with Gasteiger partial charge in [0.15, 0.2) is 4.73 Å². The van der Waals surface area contributed by atoms with Gasteiger partial charge < -0.3 is 9.72 Å². The number of imidazole rings is 1. The van der Waals surface area contributed by atoms with E-state index in [1.807, 2.05) is 6.92 Å². The Morgan fingerprint density at radius 2 is 2.08 bits per heavy atom. The second kappa shape index (κ2) is 6.19. The van der Waals surface area contributed by atoms with Crippen LogP contribution in [0.15, 0.2) is 9.34 Å². The van der Waals surface area contributed by atoms with Gasteiger partial charge in [0.05, 0.1) is 7.11 Å². The molecule has 0 aliphatic rings. The SMILES string of the molecule is COC=O.Cc1[nH]c(Br)nc1Br. The number of halogens is 2. The van der Waals surface area contributed by atoms with Crippen molar-refractivity contribution in [1.29, 1.82) is 0 Å². The van der Waals surface area contributed by atoms with Crippen LogP contribution < -0.4 is 0 Å². The zero-order valence-corrected chi connectivity index (χ0v) is 9.77. The highest BCUT2D eigenvalue weighted by Gasteiger charge is 1.97. The number of methoxy groups -OCH3 is 1. The third-order valence-electron chi connectivity index (χ3n) is 0.893. The van der Waals surface area contributed by atoms with E-state index >= 15 is 0 Å². The summed E-state index contributed by atoms with van der Waals surface area (Å²) in [7, 11) is 1.31. The molecule has 0 aliphatic heterocycles. The molecule has 0 aromatic carbocycles. The predicted octanol–water partition coefficient (Wildman–Crippen LogP) is 2.03. The molecule has 0 saturated carbocycles. The molecule has 4 nitrogen and oxygen atoms in total. The van der Waals surface area contributed by atoms with Crippen LogP contribution in [-0.4, -0.2) is 23.5 Å². The highest BCUT2D eigenvalue weighted by Crippen LogP contribution is 2.14. The third kappa shape index (κ3) is 4.50.